The van der Waals surface area contributed by atoms with Crippen molar-refractivity contribution < 1.29 is 14.9 Å². The Bertz CT molecular complexity index is 385. The number of ether oxygens (including phenoxy) is 1. The topological polar surface area (TPSA) is 75.7 Å². The minimum absolute atomic E-state index is 0.00835. The summed E-state index contributed by atoms with van der Waals surface area (Å²) in [4.78, 5) is 0. The van der Waals surface area contributed by atoms with Crippen molar-refractivity contribution in [1.29, 1.82) is 0 Å². The molecular weight excluding hydrogens is 342 g/mol. The van der Waals surface area contributed by atoms with Crippen LogP contribution in [0.5, 0.6) is 11.5 Å². The third-order valence-corrected chi connectivity index (χ3v) is 4.39. The van der Waals surface area contributed by atoms with Crippen LogP contribution in [0.15, 0.2) is 15.0 Å². The van der Waals surface area contributed by atoms with Gasteiger partial charge in [-0.05, 0) is 49.9 Å². The van der Waals surface area contributed by atoms with E-state index in [1.54, 1.807) is 6.07 Å². The van der Waals surface area contributed by atoms with Crippen molar-refractivity contribution in [3.05, 3.63) is 20.6 Å². The van der Waals surface area contributed by atoms with Crippen LogP contribution in [0.1, 0.15) is 18.0 Å². The van der Waals surface area contributed by atoms with Gasteiger partial charge in [-0.15, -0.1) is 0 Å². The second-order valence-electron chi connectivity index (χ2n) is 3.26. The largest absolute Gasteiger partial charge is 0.503 e. The molecule has 1 atom stereocenters. The van der Waals surface area contributed by atoms with Crippen LogP contribution < -0.4 is 10.5 Å². The van der Waals surface area contributed by atoms with Crippen LogP contribution >= 0.6 is 31.9 Å². The van der Waals surface area contributed by atoms with Crippen LogP contribution in [-0.4, -0.2) is 23.9 Å². The lowest BCUT2D eigenvalue weighted by Crippen LogP contribution is -2.13. The van der Waals surface area contributed by atoms with E-state index in [1.807, 2.05) is 0 Å². The molecule has 0 aliphatic rings. The van der Waals surface area contributed by atoms with Crippen molar-refractivity contribution in [3.63, 3.8) is 0 Å². The van der Waals surface area contributed by atoms with Crippen LogP contribution in [0.4, 0.5) is 0 Å². The zero-order valence-corrected chi connectivity index (χ0v) is 11.9. The van der Waals surface area contributed by atoms with E-state index in [0.717, 1.165) is 5.56 Å². The molecule has 0 aromatic heterocycles. The molecule has 1 aromatic rings. The van der Waals surface area contributed by atoms with Gasteiger partial charge in [0.05, 0.1) is 11.6 Å². The number of aliphatic hydroxyl groups is 1. The van der Waals surface area contributed by atoms with Gasteiger partial charge in [0.25, 0.3) is 0 Å². The van der Waals surface area contributed by atoms with E-state index in [2.05, 4.69) is 31.9 Å². The Hall–Kier alpha value is -0.300. The summed E-state index contributed by atoms with van der Waals surface area (Å²) in [7, 11) is 1.47. The van der Waals surface area contributed by atoms with Crippen LogP contribution in [0.2, 0.25) is 0 Å². The molecule has 0 bridgehead atoms. The Morgan fingerprint density at radius 3 is 2.56 bits per heavy atom. The Balaban J connectivity index is 3.24. The highest BCUT2D eigenvalue weighted by Crippen LogP contribution is 2.43. The highest BCUT2D eigenvalue weighted by Gasteiger charge is 2.18. The first-order valence-corrected chi connectivity index (χ1v) is 6.22. The van der Waals surface area contributed by atoms with Gasteiger partial charge in [0.15, 0.2) is 11.5 Å². The number of aliphatic hydroxyl groups excluding tert-OH is 1. The number of methoxy groups -OCH3 is 1. The summed E-state index contributed by atoms with van der Waals surface area (Å²) in [6.45, 7) is 0.00835. The normalized spacial score (nSPS) is 12.6. The third-order valence-electron chi connectivity index (χ3n) is 2.23. The third kappa shape index (κ3) is 2.68. The molecule has 1 rings (SSSR count). The van der Waals surface area contributed by atoms with Crippen LogP contribution in [-0.2, 0) is 0 Å². The first-order valence-electron chi connectivity index (χ1n) is 4.64. The van der Waals surface area contributed by atoms with Crippen molar-refractivity contribution >= 4 is 31.9 Å². The maximum Gasteiger partial charge on any atom is 0.173 e. The Labute approximate surface area is 111 Å². The number of halogens is 2. The van der Waals surface area contributed by atoms with Gasteiger partial charge >= 0.3 is 0 Å². The lowest BCUT2D eigenvalue weighted by molar-refractivity contribution is 0.276. The van der Waals surface area contributed by atoms with Crippen molar-refractivity contribution in [1.82, 2.24) is 0 Å². The number of phenols is 1. The fourth-order valence-electron chi connectivity index (χ4n) is 1.33. The van der Waals surface area contributed by atoms with Crippen LogP contribution in [0, 0.1) is 0 Å². The summed E-state index contributed by atoms with van der Waals surface area (Å²) >= 11 is 6.59. The molecule has 0 saturated heterocycles. The zero-order valence-electron chi connectivity index (χ0n) is 8.70. The summed E-state index contributed by atoms with van der Waals surface area (Å²) in [5.74, 6) is 0.368. The minimum atomic E-state index is -0.315. The lowest BCUT2D eigenvalue weighted by atomic mass is 10.0. The fourth-order valence-corrected chi connectivity index (χ4v) is 2.35. The number of hydrogen-bond donors (Lipinski definition) is 3. The Morgan fingerprint density at radius 2 is 2.06 bits per heavy atom. The molecule has 4 nitrogen and oxygen atoms in total. The molecule has 4 N–H and O–H groups in total. The monoisotopic (exact) mass is 353 g/mol. The first kappa shape index (κ1) is 13.8. The van der Waals surface area contributed by atoms with Gasteiger partial charge in [-0.1, -0.05) is 0 Å². The second kappa shape index (κ2) is 5.86. The van der Waals surface area contributed by atoms with E-state index in [-0.39, 0.29) is 18.4 Å². The van der Waals surface area contributed by atoms with Crippen LogP contribution in [0.25, 0.3) is 0 Å². The van der Waals surface area contributed by atoms with Gasteiger partial charge in [-0.25, -0.2) is 0 Å². The van der Waals surface area contributed by atoms with Gasteiger partial charge in [0.1, 0.15) is 0 Å². The maximum atomic E-state index is 9.72. The van der Waals surface area contributed by atoms with Crippen molar-refractivity contribution in [2.45, 2.75) is 12.5 Å². The van der Waals surface area contributed by atoms with Gasteiger partial charge in [-0.2, -0.15) is 0 Å². The predicted octanol–water partition coefficient (Wildman–Crippen LogP) is 2.31. The molecule has 6 heteroatoms. The van der Waals surface area contributed by atoms with Gasteiger partial charge < -0.3 is 20.7 Å². The number of phenolic OH excluding ortho intramolecular Hbond substituents is 1. The fraction of sp³-hybridized carbons (Fsp3) is 0.400. The highest BCUT2D eigenvalue weighted by molar-refractivity contribution is 9.13. The first-order chi connectivity index (χ1) is 7.52. The van der Waals surface area contributed by atoms with Crippen molar-refractivity contribution in [3.8, 4) is 11.5 Å². The minimum Gasteiger partial charge on any atom is -0.503 e. The number of rotatable bonds is 4. The molecule has 0 heterocycles. The average Bonchev–Trinajstić information content (AvgIpc) is 2.27. The molecule has 0 amide bonds. The van der Waals surface area contributed by atoms with E-state index >= 15 is 0 Å². The molecule has 0 aliphatic heterocycles. The summed E-state index contributed by atoms with van der Waals surface area (Å²) in [6.07, 6.45) is 0.443. The van der Waals surface area contributed by atoms with Gasteiger partial charge in [0.2, 0.25) is 0 Å². The number of nitrogens with two attached hydrogens (primary N) is 1. The SMILES string of the molecule is COc1cc([C@H](N)CCO)c(Br)c(Br)c1O. The van der Waals surface area contributed by atoms with E-state index in [1.165, 1.54) is 7.11 Å². The van der Waals surface area contributed by atoms with Crippen LogP contribution in [0.3, 0.4) is 0 Å². The molecule has 0 saturated carbocycles. The van der Waals surface area contributed by atoms with Crippen molar-refractivity contribution in [2.24, 2.45) is 5.73 Å². The molecule has 0 aliphatic carbocycles. The van der Waals surface area contributed by atoms with Gasteiger partial charge in [0, 0.05) is 17.1 Å². The average molecular weight is 355 g/mol. The van der Waals surface area contributed by atoms with E-state index < -0.39 is 0 Å². The molecule has 0 unspecified atom stereocenters. The summed E-state index contributed by atoms with van der Waals surface area (Å²) in [5, 5.41) is 18.6. The van der Waals surface area contributed by atoms with E-state index in [9.17, 15) is 5.11 Å². The lowest BCUT2D eigenvalue weighted by Gasteiger charge is -2.16. The molecule has 90 valence electrons. The van der Waals surface area contributed by atoms with Gasteiger partial charge in [-0.3, -0.25) is 0 Å². The molecular formula is C10H13Br2NO3. The second-order valence-corrected chi connectivity index (χ2v) is 4.85. The molecule has 16 heavy (non-hydrogen) atoms. The summed E-state index contributed by atoms with van der Waals surface area (Å²) < 4.78 is 6.20. The number of aromatic hydroxyl groups is 1. The van der Waals surface area contributed by atoms with E-state index in [4.69, 9.17) is 15.6 Å². The zero-order chi connectivity index (χ0) is 12.3. The molecule has 1 aromatic carbocycles. The Morgan fingerprint density at radius 1 is 1.44 bits per heavy atom. The molecule has 0 radical (unpaired) electrons. The molecule has 0 fully saturated rings. The molecule has 0 spiro atoms. The smallest absolute Gasteiger partial charge is 0.173 e. The summed E-state index contributed by atoms with van der Waals surface area (Å²) in [6, 6.07) is 1.34. The quantitative estimate of drug-likeness (QED) is 0.775. The highest BCUT2D eigenvalue weighted by atomic mass is 79.9. The van der Waals surface area contributed by atoms with Crippen molar-refractivity contribution in [2.75, 3.05) is 13.7 Å². The maximum absolute atomic E-state index is 9.72. The Kier molecular flexibility index (Phi) is 5.04. The summed E-state index contributed by atoms with van der Waals surface area (Å²) in [5.41, 5.74) is 6.67. The van der Waals surface area contributed by atoms with E-state index in [0.29, 0.717) is 21.1 Å². The number of hydrogen-bond acceptors (Lipinski definition) is 4. The number of benzene rings is 1. The predicted molar refractivity (Wildman–Crippen MR) is 68.7 cm³/mol. The standard InChI is InChI=1S/C10H13Br2NO3/c1-16-7-4-5(6(13)2-3-14)8(11)9(12)10(7)15/h4,6,14-15H,2-3,13H2,1H3/t6-/m1/s1.